The van der Waals surface area contributed by atoms with Gasteiger partial charge in [-0.05, 0) is 6.92 Å². The number of fused-ring (bicyclic) bond motifs is 1. The van der Waals surface area contributed by atoms with E-state index in [0.717, 1.165) is 23.5 Å². The number of nitrogens with one attached hydrogen (secondary N) is 1. The lowest BCUT2D eigenvalue weighted by Gasteiger charge is -2.23. The zero-order chi connectivity index (χ0) is 13.8. The number of aromatic nitrogens is 2. The van der Waals surface area contributed by atoms with Gasteiger partial charge in [-0.1, -0.05) is 0 Å². The highest BCUT2D eigenvalue weighted by Crippen LogP contribution is 2.12. The second-order valence-corrected chi connectivity index (χ2v) is 4.74. The molecule has 1 aromatic rings. The molecule has 20 heavy (non-hydrogen) atoms. The molecule has 7 heteroatoms. The van der Waals surface area contributed by atoms with Crippen LogP contribution < -0.4 is 5.48 Å². The molecular formula is C13H18N4O3. The van der Waals surface area contributed by atoms with Crippen molar-refractivity contribution >= 4 is 5.84 Å². The van der Waals surface area contributed by atoms with Gasteiger partial charge in [0.1, 0.15) is 18.5 Å². The van der Waals surface area contributed by atoms with E-state index < -0.39 is 0 Å². The van der Waals surface area contributed by atoms with Crippen molar-refractivity contribution in [2.45, 2.75) is 19.4 Å². The molecule has 2 aliphatic rings. The molecule has 2 aliphatic heterocycles. The van der Waals surface area contributed by atoms with E-state index in [1.807, 2.05) is 6.92 Å². The monoisotopic (exact) mass is 278 g/mol. The van der Waals surface area contributed by atoms with Crippen LogP contribution in [0.5, 0.6) is 0 Å². The number of hydroxylamine groups is 1. The van der Waals surface area contributed by atoms with Gasteiger partial charge in [0.25, 0.3) is 0 Å². The highest BCUT2D eigenvalue weighted by Gasteiger charge is 2.18. The molecule has 7 nitrogen and oxygen atoms in total. The summed E-state index contributed by atoms with van der Waals surface area (Å²) in [7, 11) is 0. The van der Waals surface area contributed by atoms with Crippen molar-refractivity contribution in [1.82, 2.24) is 15.4 Å². The van der Waals surface area contributed by atoms with E-state index in [-0.39, 0.29) is 6.10 Å². The molecule has 0 spiro atoms. The first-order valence-electron chi connectivity index (χ1n) is 6.77. The van der Waals surface area contributed by atoms with Crippen LogP contribution >= 0.6 is 0 Å². The van der Waals surface area contributed by atoms with E-state index in [1.165, 1.54) is 0 Å². The van der Waals surface area contributed by atoms with Crippen LogP contribution in [0.3, 0.4) is 0 Å². The molecule has 1 aromatic heterocycles. The summed E-state index contributed by atoms with van der Waals surface area (Å²) in [5.74, 6) is 1.46. The van der Waals surface area contributed by atoms with Crippen LogP contribution in [0.15, 0.2) is 11.2 Å². The zero-order valence-electron chi connectivity index (χ0n) is 11.5. The Hall–Kier alpha value is -1.57. The molecular weight excluding hydrogens is 260 g/mol. The minimum absolute atomic E-state index is 0.0332. The van der Waals surface area contributed by atoms with E-state index in [9.17, 15) is 0 Å². The molecule has 0 radical (unpaired) electrons. The minimum Gasteiger partial charge on any atom is -0.376 e. The molecule has 0 aromatic carbocycles. The van der Waals surface area contributed by atoms with Gasteiger partial charge in [-0.2, -0.15) is 0 Å². The molecule has 3 rings (SSSR count). The van der Waals surface area contributed by atoms with Gasteiger partial charge in [-0.3, -0.25) is 9.83 Å². The van der Waals surface area contributed by atoms with Crippen LogP contribution in [-0.4, -0.2) is 54.9 Å². The van der Waals surface area contributed by atoms with Crippen molar-refractivity contribution in [2.24, 2.45) is 4.99 Å². The number of aliphatic imine (C=N–C) groups is 1. The summed E-state index contributed by atoms with van der Waals surface area (Å²) in [6.45, 7) is 4.84. The molecule has 0 bridgehead atoms. The fourth-order valence-corrected chi connectivity index (χ4v) is 2.19. The normalized spacial score (nSPS) is 22.1. The summed E-state index contributed by atoms with van der Waals surface area (Å²) < 4.78 is 10.8. The van der Waals surface area contributed by atoms with Crippen molar-refractivity contribution in [2.75, 3.05) is 33.0 Å². The summed E-state index contributed by atoms with van der Waals surface area (Å²) >= 11 is 0. The van der Waals surface area contributed by atoms with Crippen molar-refractivity contribution in [3.8, 4) is 0 Å². The fraction of sp³-hybridized carbons (Fsp3) is 0.615. The Kier molecular flexibility index (Phi) is 4.19. The average molecular weight is 278 g/mol. The van der Waals surface area contributed by atoms with Crippen LogP contribution in [0.2, 0.25) is 0 Å². The van der Waals surface area contributed by atoms with E-state index in [1.54, 1.807) is 6.20 Å². The smallest absolute Gasteiger partial charge is 0.155 e. The number of nitrogens with zero attached hydrogens (tertiary/aromatic N) is 3. The maximum Gasteiger partial charge on any atom is 0.155 e. The highest BCUT2D eigenvalue weighted by molar-refractivity contribution is 5.99. The Morgan fingerprint density at radius 1 is 1.45 bits per heavy atom. The Bertz CT molecular complexity index is 500. The summed E-state index contributed by atoms with van der Waals surface area (Å²) in [6.07, 6.45) is 2.59. The lowest BCUT2D eigenvalue weighted by Crippen LogP contribution is -2.37. The summed E-state index contributed by atoms with van der Waals surface area (Å²) in [6, 6.07) is 0. The number of rotatable bonds is 3. The molecule has 1 N–H and O–H groups in total. The van der Waals surface area contributed by atoms with Gasteiger partial charge in [-0.15, -0.1) is 0 Å². The number of amidine groups is 1. The molecule has 108 valence electrons. The van der Waals surface area contributed by atoms with Crippen LogP contribution in [0.1, 0.15) is 17.1 Å². The molecule has 1 fully saturated rings. The minimum atomic E-state index is -0.0332. The molecule has 1 saturated heterocycles. The maximum atomic E-state index is 5.50. The first-order valence-corrected chi connectivity index (χ1v) is 6.77. The van der Waals surface area contributed by atoms with Crippen LogP contribution in [0.4, 0.5) is 0 Å². The fourth-order valence-electron chi connectivity index (χ4n) is 2.19. The van der Waals surface area contributed by atoms with E-state index in [2.05, 4.69) is 20.4 Å². The molecule has 1 atom stereocenters. The first-order chi connectivity index (χ1) is 9.83. The SMILES string of the molecule is Cc1ncc2c(n1)CCN=C2NOC[C@H]1COCCO1. The van der Waals surface area contributed by atoms with E-state index >= 15 is 0 Å². The Morgan fingerprint density at radius 2 is 2.40 bits per heavy atom. The standard InChI is InChI=1S/C13H18N4O3/c1-9-15-6-11-12(16-9)2-3-14-13(11)17-20-8-10-7-18-4-5-19-10/h6,10H,2-5,7-8H2,1H3,(H,14,17)/t10-/m1/s1. The largest absolute Gasteiger partial charge is 0.376 e. The van der Waals surface area contributed by atoms with Crippen LogP contribution in [-0.2, 0) is 20.7 Å². The molecule has 0 amide bonds. The van der Waals surface area contributed by atoms with Crippen molar-refractivity contribution in [3.05, 3.63) is 23.3 Å². The molecule has 0 saturated carbocycles. The number of hydrogen-bond acceptors (Lipinski definition) is 7. The van der Waals surface area contributed by atoms with Gasteiger partial charge >= 0.3 is 0 Å². The molecule has 0 aliphatic carbocycles. The maximum absolute atomic E-state index is 5.50. The van der Waals surface area contributed by atoms with Crippen LogP contribution in [0, 0.1) is 6.92 Å². The first kappa shape index (κ1) is 13.4. The van der Waals surface area contributed by atoms with Crippen molar-refractivity contribution in [3.63, 3.8) is 0 Å². The Morgan fingerprint density at radius 3 is 3.25 bits per heavy atom. The third-order valence-corrected chi connectivity index (χ3v) is 3.18. The van der Waals surface area contributed by atoms with E-state index in [4.69, 9.17) is 14.3 Å². The molecule has 0 unspecified atom stereocenters. The van der Waals surface area contributed by atoms with Gasteiger partial charge < -0.3 is 9.47 Å². The quantitative estimate of drug-likeness (QED) is 0.786. The Balaban J connectivity index is 1.56. The molecule has 3 heterocycles. The number of aryl methyl sites for hydroxylation is 1. The van der Waals surface area contributed by atoms with Crippen molar-refractivity contribution < 1.29 is 14.3 Å². The summed E-state index contributed by atoms with van der Waals surface area (Å²) in [5, 5.41) is 0. The van der Waals surface area contributed by atoms with E-state index in [0.29, 0.717) is 38.8 Å². The van der Waals surface area contributed by atoms with Gasteiger partial charge in [0.2, 0.25) is 0 Å². The van der Waals surface area contributed by atoms with Crippen LogP contribution in [0.25, 0.3) is 0 Å². The third-order valence-electron chi connectivity index (χ3n) is 3.18. The summed E-state index contributed by atoms with van der Waals surface area (Å²) in [4.78, 5) is 18.5. The second kappa shape index (κ2) is 6.25. The predicted molar refractivity (Wildman–Crippen MR) is 71.5 cm³/mol. The van der Waals surface area contributed by atoms with Gasteiger partial charge in [-0.25, -0.2) is 15.4 Å². The van der Waals surface area contributed by atoms with Gasteiger partial charge in [0.15, 0.2) is 5.84 Å². The zero-order valence-corrected chi connectivity index (χ0v) is 11.5. The number of ether oxygens (including phenoxy) is 2. The van der Waals surface area contributed by atoms with Gasteiger partial charge in [0, 0.05) is 19.2 Å². The Labute approximate surface area is 117 Å². The predicted octanol–water partition coefficient (Wildman–Crippen LogP) is 0.0243. The van der Waals surface area contributed by atoms with Crippen molar-refractivity contribution in [1.29, 1.82) is 0 Å². The third kappa shape index (κ3) is 3.12. The second-order valence-electron chi connectivity index (χ2n) is 4.74. The average Bonchev–Trinajstić information content (AvgIpc) is 2.48. The lowest BCUT2D eigenvalue weighted by atomic mass is 10.1. The topological polar surface area (TPSA) is 77.9 Å². The van der Waals surface area contributed by atoms with Gasteiger partial charge in [0.05, 0.1) is 31.1 Å². The summed E-state index contributed by atoms with van der Waals surface area (Å²) in [5.41, 5.74) is 4.79. The number of hydrogen-bond donors (Lipinski definition) is 1. The highest BCUT2D eigenvalue weighted by atomic mass is 16.7. The lowest BCUT2D eigenvalue weighted by molar-refractivity contribution is -0.122.